The molecular weight excluding hydrogens is 796 g/mol. The summed E-state index contributed by atoms with van der Waals surface area (Å²) in [6.45, 7) is 0. The molecule has 0 saturated heterocycles. The number of carbonyl (C=O) groups excluding carboxylic acids is 4. The molecule has 0 radical (unpaired) electrons. The van der Waals surface area contributed by atoms with Crippen molar-refractivity contribution < 1.29 is 65.5 Å². The fourth-order valence-corrected chi connectivity index (χ4v) is 2.06. The average Bonchev–Trinajstić information content (AvgIpc) is 2.30. The summed E-state index contributed by atoms with van der Waals surface area (Å²) in [6.07, 6.45) is -2.79. The summed E-state index contributed by atoms with van der Waals surface area (Å²) >= 11 is 0. The van der Waals surface area contributed by atoms with E-state index in [1.165, 1.54) is 0 Å². The zero-order chi connectivity index (χ0) is 19.9. The van der Waals surface area contributed by atoms with Crippen LogP contribution in [0.15, 0.2) is 0 Å². The monoisotopic (exact) mass is 804 g/mol. The van der Waals surface area contributed by atoms with Gasteiger partial charge in [0.1, 0.15) is 20.2 Å². The van der Waals surface area contributed by atoms with Crippen molar-refractivity contribution in [3.63, 3.8) is 0 Å². The average molecular weight is 802 g/mol. The van der Waals surface area contributed by atoms with Crippen LogP contribution >= 0.6 is 0 Å². The third-order valence-corrected chi connectivity index (χ3v) is 4.04. The van der Waals surface area contributed by atoms with E-state index in [1.54, 1.807) is 0 Å². The number of aliphatic carboxylic acids is 4. The van der Waals surface area contributed by atoms with Crippen LogP contribution in [0.1, 0.15) is 12.8 Å². The molecule has 0 aliphatic heterocycles. The fraction of sp³-hybridized carbons (Fsp3) is 0.500. The summed E-state index contributed by atoms with van der Waals surface area (Å²) in [7, 11) is -10.4. The third-order valence-electron chi connectivity index (χ3n) is 1.93. The van der Waals surface area contributed by atoms with Crippen LogP contribution in [0.2, 0.25) is 0 Å². The molecule has 19 heteroatoms. The second-order valence-corrected chi connectivity index (χ2v) is 6.86. The summed E-state index contributed by atoms with van der Waals surface area (Å²) in [5.74, 6) is -8.37. The van der Waals surface area contributed by atoms with E-state index in [0.29, 0.717) is 0 Å². The van der Waals surface area contributed by atoms with Crippen molar-refractivity contribution in [3.05, 3.63) is 0 Å². The zero-order valence-electron chi connectivity index (χ0n) is 13.2. The molecule has 0 bridgehead atoms. The Morgan fingerprint density at radius 1 is 0.593 bits per heavy atom. The van der Waals surface area contributed by atoms with Crippen LogP contribution in [0, 0.1) is 0 Å². The van der Waals surface area contributed by atoms with E-state index < -0.39 is 67.5 Å². The molecular formula is C8H6Ba3O14S2. The molecule has 0 aliphatic rings. The Hall–Kier alpha value is 2.41. The molecule has 0 N–H and O–H groups in total. The van der Waals surface area contributed by atoms with Gasteiger partial charge in [-0.2, -0.15) is 0 Å². The Labute approximate surface area is 273 Å². The van der Waals surface area contributed by atoms with Gasteiger partial charge in [-0.25, -0.2) is 16.8 Å². The molecule has 0 aliphatic carbocycles. The molecule has 0 aromatic rings. The maximum absolute atomic E-state index is 10.0. The smallest absolute Gasteiger partial charge is 0.747 e. The topological polar surface area (TPSA) is 275 Å². The van der Waals surface area contributed by atoms with Crippen LogP contribution in [-0.2, 0) is 39.4 Å². The largest absolute Gasteiger partial charge is 2.00 e. The minimum atomic E-state index is -5.19. The van der Waals surface area contributed by atoms with Gasteiger partial charge in [-0.15, -0.1) is 0 Å². The maximum Gasteiger partial charge on any atom is 2.00 e. The molecule has 0 fully saturated rings. The van der Waals surface area contributed by atoms with Gasteiger partial charge in [0.05, 0.1) is 22.4 Å². The van der Waals surface area contributed by atoms with E-state index in [1.807, 2.05) is 0 Å². The van der Waals surface area contributed by atoms with Crippen molar-refractivity contribution in [2.24, 2.45) is 0 Å². The van der Waals surface area contributed by atoms with Gasteiger partial charge in [-0.3, -0.25) is 0 Å². The van der Waals surface area contributed by atoms with Gasteiger partial charge in [0, 0.05) is 24.8 Å². The van der Waals surface area contributed by atoms with Crippen LogP contribution in [0.25, 0.3) is 0 Å². The summed E-state index contributed by atoms with van der Waals surface area (Å²) in [6, 6.07) is 0. The molecule has 2 atom stereocenters. The Bertz CT molecular complexity index is 653. The molecule has 0 saturated carbocycles. The van der Waals surface area contributed by atoms with Crippen molar-refractivity contribution in [2.45, 2.75) is 23.3 Å². The predicted molar refractivity (Wildman–Crippen MR) is 73.5 cm³/mol. The number of carboxylic acids is 4. The van der Waals surface area contributed by atoms with E-state index in [0.717, 1.165) is 0 Å². The molecule has 27 heavy (non-hydrogen) atoms. The number of carbonyl (C=O) groups is 4. The molecule has 140 valence electrons. The second-order valence-electron chi connectivity index (χ2n) is 3.75. The van der Waals surface area contributed by atoms with Gasteiger partial charge >= 0.3 is 147 Å². The molecule has 2 unspecified atom stereocenters. The molecule has 0 aromatic heterocycles. The van der Waals surface area contributed by atoms with Crippen molar-refractivity contribution in [3.8, 4) is 0 Å². The first-order valence-corrected chi connectivity index (χ1v) is 8.15. The van der Waals surface area contributed by atoms with Gasteiger partial charge in [-0.05, 0) is 0 Å². The van der Waals surface area contributed by atoms with Crippen molar-refractivity contribution >= 4 is 191 Å². The van der Waals surface area contributed by atoms with Crippen molar-refractivity contribution in [1.82, 2.24) is 0 Å². The first-order valence-electron chi connectivity index (χ1n) is 5.21. The van der Waals surface area contributed by atoms with E-state index in [4.69, 9.17) is 0 Å². The van der Waals surface area contributed by atoms with Crippen molar-refractivity contribution in [2.75, 3.05) is 0 Å². The van der Waals surface area contributed by atoms with E-state index in [2.05, 4.69) is 0 Å². The number of rotatable bonds is 8. The summed E-state index contributed by atoms with van der Waals surface area (Å²) < 4.78 is 60.2. The number of hydrogen-bond donors (Lipinski definition) is 0. The summed E-state index contributed by atoms with van der Waals surface area (Å²) in [5.41, 5.74) is 0. The molecule has 0 amide bonds. The fourth-order valence-electron chi connectivity index (χ4n) is 0.909. The molecule has 14 nitrogen and oxygen atoms in total. The van der Waals surface area contributed by atoms with Crippen LogP contribution in [0.5, 0.6) is 0 Å². The van der Waals surface area contributed by atoms with Crippen LogP contribution in [0.3, 0.4) is 0 Å². The Morgan fingerprint density at radius 2 is 0.778 bits per heavy atom. The first-order chi connectivity index (χ1) is 10.5. The van der Waals surface area contributed by atoms with Gasteiger partial charge in [-0.1, -0.05) is 0 Å². The first kappa shape index (κ1) is 39.8. The molecule has 0 rings (SSSR count). The Kier molecular flexibility index (Phi) is 26.6. The van der Waals surface area contributed by atoms with Gasteiger partial charge in [0.25, 0.3) is 0 Å². The SMILES string of the molecule is O=C([O-])CC(C(=O)[O-])S(=O)(=O)[O-].O=C([O-])CC(C(=O)[O-])S(=O)(=O)[O-].[Ba+2].[Ba+2].[Ba+2]. The van der Waals surface area contributed by atoms with E-state index in [9.17, 15) is 65.5 Å². The van der Waals surface area contributed by atoms with Crippen molar-refractivity contribution in [1.29, 1.82) is 0 Å². The Morgan fingerprint density at radius 3 is 0.815 bits per heavy atom. The van der Waals surface area contributed by atoms with Gasteiger partial charge in [0.2, 0.25) is 0 Å². The minimum absolute atomic E-state index is 0. The maximum atomic E-state index is 10.0. The number of carboxylic acid groups (broad SMARTS) is 4. The second kappa shape index (κ2) is 18.0. The van der Waals surface area contributed by atoms with Crippen LogP contribution in [-0.4, -0.2) is 207 Å². The summed E-state index contributed by atoms with van der Waals surface area (Å²) in [4.78, 5) is 39.3. The zero-order valence-corrected chi connectivity index (χ0v) is 28.2. The number of hydrogen-bond acceptors (Lipinski definition) is 14. The minimum Gasteiger partial charge on any atom is -0.747 e. The van der Waals surface area contributed by atoms with E-state index in [-0.39, 0.29) is 147 Å². The standard InChI is InChI=1S/2C4H6O7S.3Ba/c2*5-3(6)1-2(4(7)8)12(9,10)11;;;/h2*2H,1H2,(H,5,6)(H,7,8)(H,9,10,11);;;/q;;3*+2/p-6. The van der Waals surface area contributed by atoms with E-state index >= 15 is 0 Å². The van der Waals surface area contributed by atoms with Crippen LogP contribution in [0.4, 0.5) is 0 Å². The molecule has 0 aromatic carbocycles. The predicted octanol–water partition coefficient (Wildman–Crippen LogP) is -9.56. The Balaban J connectivity index is -0.000000108. The third kappa shape index (κ3) is 21.4. The summed E-state index contributed by atoms with van der Waals surface area (Å²) in [5, 5.41) is 34.1. The van der Waals surface area contributed by atoms with Gasteiger partial charge < -0.3 is 48.7 Å². The van der Waals surface area contributed by atoms with Gasteiger partial charge in [0.15, 0.2) is 0 Å². The normalized spacial score (nSPS) is 12.2. The molecule has 0 heterocycles. The van der Waals surface area contributed by atoms with Crippen LogP contribution < -0.4 is 20.4 Å². The molecule has 0 spiro atoms. The quantitative estimate of drug-likeness (QED) is 0.163.